The average Bonchev–Trinajstić information content (AvgIpc) is 2.55. The van der Waals surface area contributed by atoms with Crippen LogP contribution >= 0.6 is 0 Å². The van der Waals surface area contributed by atoms with Crippen LogP contribution in [0.2, 0.25) is 0 Å². The first-order valence-corrected chi connectivity index (χ1v) is 7.65. The zero-order chi connectivity index (χ0) is 15.7. The second kappa shape index (κ2) is 9.35. The average molecular weight is 290 g/mol. The molecular weight excluding hydrogens is 264 g/mol. The van der Waals surface area contributed by atoms with E-state index in [2.05, 4.69) is 12.2 Å². The van der Waals surface area contributed by atoms with Crippen molar-refractivity contribution in [3.8, 4) is 0 Å². The van der Waals surface area contributed by atoms with E-state index < -0.39 is 0 Å². The Morgan fingerprint density at radius 3 is 2.67 bits per heavy atom. The van der Waals surface area contributed by atoms with Crippen LogP contribution in [0.5, 0.6) is 0 Å². The third-order valence-electron chi connectivity index (χ3n) is 3.44. The van der Waals surface area contributed by atoms with Gasteiger partial charge in [-0.2, -0.15) is 0 Å². The predicted molar refractivity (Wildman–Crippen MR) is 85.4 cm³/mol. The number of aryl methyl sites for hydroxylation is 1. The predicted octanol–water partition coefficient (Wildman–Crippen LogP) is 4.43. The molecule has 0 N–H and O–H groups in total. The molecule has 3 heteroatoms. The molecule has 2 rings (SSSR count). The molecular formula is C18H26O3. The lowest BCUT2D eigenvalue weighted by molar-refractivity contribution is 0.0336. The summed E-state index contributed by atoms with van der Waals surface area (Å²) in [7, 11) is 1.41. The highest BCUT2D eigenvalue weighted by Crippen LogP contribution is 2.20. The largest absolute Gasteiger partial charge is 0.465 e. The maximum absolute atomic E-state index is 11.8. The van der Waals surface area contributed by atoms with E-state index in [4.69, 9.17) is 9.47 Å². The zero-order valence-electron chi connectivity index (χ0n) is 13.5. The molecule has 0 fully saturated rings. The Hall–Kier alpha value is -1.61. The van der Waals surface area contributed by atoms with E-state index in [-0.39, 0.29) is 12.1 Å². The minimum Gasteiger partial charge on any atom is -0.465 e. The Morgan fingerprint density at radius 2 is 2.05 bits per heavy atom. The Bertz CT molecular complexity index is 477. The number of hydrogen-bond acceptors (Lipinski definition) is 3. The lowest BCUT2D eigenvalue weighted by atomic mass is 10.0. The van der Waals surface area contributed by atoms with Crippen LogP contribution in [0.15, 0.2) is 30.4 Å². The van der Waals surface area contributed by atoms with Gasteiger partial charge >= 0.3 is 5.97 Å². The molecule has 1 unspecified atom stereocenters. The number of methoxy groups -OCH3 is 1. The first-order valence-electron chi connectivity index (χ1n) is 7.65. The summed E-state index contributed by atoms with van der Waals surface area (Å²) in [5.74, 6) is -0.291. The van der Waals surface area contributed by atoms with Gasteiger partial charge in [0.1, 0.15) is 0 Å². The van der Waals surface area contributed by atoms with Crippen molar-refractivity contribution < 1.29 is 14.3 Å². The normalized spacial score (nSPS) is 16.9. The highest BCUT2D eigenvalue weighted by molar-refractivity contribution is 5.92. The molecule has 0 spiro atoms. The third-order valence-corrected chi connectivity index (χ3v) is 3.44. The number of hydrogen-bond donors (Lipinski definition) is 0. The summed E-state index contributed by atoms with van der Waals surface area (Å²) in [6.07, 6.45) is 7.69. The molecule has 1 aromatic carbocycles. The molecule has 0 heterocycles. The number of carbonyl (C=O) groups excluding carboxylic acids is 1. The van der Waals surface area contributed by atoms with E-state index >= 15 is 0 Å². The van der Waals surface area contributed by atoms with Crippen molar-refractivity contribution in [1.82, 2.24) is 0 Å². The lowest BCUT2D eigenvalue weighted by Crippen LogP contribution is -2.16. The number of esters is 1. The molecule has 0 bridgehead atoms. The first-order chi connectivity index (χ1) is 10.2. The number of rotatable bonds is 4. The van der Waals surface area contributed by atoms with Gasteiger partial charge in [-0.25, -0.2) is 4.79 Å². The van der Waals surface area contributed by atoms with Gasteiger partial charge in [-0.15, -0.1) is 0 Å². The Kier molecular flexibility index (Phi) is 7.76. The van der Waals surface area contributed by atoms with E-state index in [0.29, 0.717) is 12.2 Å². The zero-order valence-corrected chi connectivity index (χ0v) is 13.5. The molecule has 116 valence electrons. The van der Waals surface area contributed by atoms with Gasteiger partial charge in [-0.1, -0.05) is 44.2 Å². The number of benzene rings is 1. The van der Waals surface area contributed by atoms with Crippen molar-refractivity contribution in [3.63, 3.8) is 0 Å². The van der Waals surface area contributed by atoms with Crippen LogP contribution in [0.1, 0.15) is 54.6 Å². The molecule has 0 radical (unpaired) electrons. The van der Waals surface area contributed by atoms with Crippen molar-refractivity contribution in [2.24, 2.45) is 0 Å². The fourth-order valence-corrected chi connectivity index (χ4v) is 2.37. The van der Waals surface area contributed by atoms with E-state index in [1.807, 2.05) is 39.0 Å². The van der Waals surface area contributed by atoms with Crippen LogP contribution in [-0.2, 0) is 16.1 Å². The smallest absolute Gasteiger partial charge is 0.338 e. The fraction of sp³-hybridized carbons (Fsp3) is 0.500. The molecule has 1 aliphatic rings. The molecule has 1 aliphatic carbocycles. The first kappa shape index (κ1) is 17.4. The van der Waals surface area contributed by atoms with Crippen LogP contribution in [-0.4, -0.2) is 19.2 Å². The van der Waals surface area contributed by atoms with Gasteiger partial charge in [0.25, 0.3) is 0 Å². The number of ether oxygens (including phenoxy) is 2. The quantitative estimate of drug-likeness (QED) is 0.607. The monoisotopic (exact) mass is 290 g/mol. The molecule has 0 saturated carbocycles. The molecule has 1 atom stereocenters. The second-order valence-corrected chi connectivity index (χ2v) is 4.82. The Labute approximate surface area is 128 Å². The summed E-state index contributed by atoms with van der Waals surface area (Å²) in [6.45, 7) is 6.38. The minimum atomic E-state index is -0.291. The van der Waals surface area contributed by atoms with Crippen molar-refractivity contribution in [3.05, 3.63) is 47.0 Å². The van der Waals surface area contributed by atoms with E-state index in [1.165, 1.54) is 7.11 Å². The van der Waals surface area contributed by atoms with Gasteiger partial charge in [0.2, 0.25) is 0 Å². The number of allylic oxidation sites excluding steroid dienone is 1. The second-order valence-electron chi connectivity index (χ2n) is 4.82. The van der Waals surface area contributed by atoms with E-state index in [1.54, 1.807) is 0 Å². The maximum Gasteiger partial charge on any atom is 0.338 e. The van der Waals surface area contributed by atoms with Crippen molar-refractivity contribution in [2.45, 2.75) is 52.7 Å². The molecule has 0 amide bonds. The van der Waals surface area contributed by atoms with E-state index in [0.717, 1.165) is 30.4 Å². The molecule has 0 aromatic heterocycles. The van der Waals surface area contributed by atoms with Crippen LogP contribution < -0.4 is 0 Å². The summed E-state index contributed by atoms with van der Waals surface area (Å²) in [5.41, 5.74) is 2.47. The molecule has 1 aromatic rings. The Balaban J connectivity index is 0.00000106. The van der Waals surface area contributed by atoms with Gasteiger partial charge in [0.05, 0.1) is 25.4 Å². The molecule has 0 saturated heterocycles. The summed E-state index contributed by atoms with van der Waals surface area (Å²) in [6, 6.07) is 5.79. The number of carbonyl (C=O) groups is 1. The van der Waals surface area contributed by atoms with Crippen LogP contribution in [0.3, 0.4) is 0 Å². The van der Waals surface area contributed by atoms with Crippen molar-refractivity contribution >= 4 is 5.97 Å². The summed E-state index contributed by atoms with van der Waals surface area (Å²) < 4.78 is 10.7. The van der Waals surface area contributed by atoms with Gasteiger partial charge < -0.3 is 9.47 Å². The molecule has 21 heavy (non-hydrogen) atoms. The van der Waals surface area contributed by atoms with Crippen molar-refractivity contribution in [1.29, 1.82) is 0 Å². The van der Waals surface area contributed by atoms with E-state index in [9.17, 15) is 4.79 Å². The standard InChI is InChI=1S/C16H20O3.C2H6/c1-12-7-6-8-13(15(12)16(17)18-2)11-19-14-9-4-3-5-10-14;1-2/h3-4,6-8,14H,5,9-11H2,1-2H3;1-2H3. The lowest BCUT2D eigenvalue weighted by Gasteiger charge is -2.19. The van der Waals surface area contributed by atoms with Crippen LogP contribution in [0, 0.1) is 6.92 Å². The van der Waals surface area contributed by atoms with Crippen molar-refractivity contribution in [2.75, 3.05) is 7.11 Å². The molecule has 0 aliphatic heterocycles. The minimum absolute atomic E-state index is 0.260. The molecule has 3 nitrogen and oxygen atoms in total. The Morgan fingerprint density at radius 1 is 1.29 bits per heavy atom. The highest BCUT2D eigenvalue weighted by atomic mass is 16.5. The topological polar surface area (TPSA) is 35.5 Å². The van der Waals surface area contributed by atoms with Gasteiger partial charge in [0.15, 0.2) is 0 Å². The summed E-state index contributed by atoms with van der Waals surface area (Å²) >= 11 is 0. The van der Waals surface area contributed by atoms with Gasteiger partial charge in [0, 0.05) is 0 Å². The summed E-state index contributed by atoms with van der Waals surface area (Å²) in [4.78, 5) is 11.8. The fourth-order valence-electron chi connectivity index (χ4n) is 2.37. The third kappa shape index (κ3) is 5.01. The van der Waals surface area contributed by atoms with Crippen LogP contribution in [0.4, 0.5) is 0 Å². The maximum atomic E-state index is 11.8. The highest BCUT2D eigenvalue weighted by Gasteiger charge is 2.16. The SMILES string of the molecule is CC.COC(=O)c1c(C)cccc1COC1CC=CCC1. The van der Waals surface area contributed by atoms with Crippen LogP contribution in [0.25, 0.3) is 0 Å². The summed E-state index contributed by atoms with van der Waals surface area (Å²) in [5, 5.41) is 0. The van der Waals surface area contributed by atoms with Gasteiger partial charge in [-0.3, -0.25) is 0 Å². The van der Waals surface area contributed by atoms with Gasteiger partial charge in [-0.05, 0) is 37.3 Å².